The van der Waals surface area contributed by atoms with Gasteiger partial charge in [-0.05, 0) is 6.92 Å². The highest BCUT2D eigenvalue weighted by Crippen LogP contribution is 1.95. The van der Waals surface area contributed by atoms with Crippen molar-refractivity contribution in [2.75, 3.05) is 0 Å². The molecule has 2 aromatic heterocycles. The highest BCUT2D eigenvalue weighted by atomic mass is 16.2. The molecule has 2 heterocycles. The second kappa shape index (κ2) is 5.79. The molecule has 0 amide bonds. The Bertz CT molecular complexity index is 715. The summed E-state index contributed by atoms with van der Waals surface area (Å²) in [4.78, 5) is 31.7. The molecule has 0 spiro atoms. The fraction of sp³-hybridized carbons (Fsp3) is 0.385. The topological polar surface area (TPSA) is 81.8 Å². The fourth-order valence-corrected chi connectivity index (χ4v) is 1.78. The normalized spacial score (nSPS) is 10.8. The van der Waals surface area contributed by atoms with Gasteiger partial charge >= 0.3 is 5.69 Å². The molecule has 0 saturated heterocycles. The van der Waals surface area contributed by atoms with E-state index in [1.807, 2.05) is 6.92 Å². The van der Waals surface area contributed by atoms with Crippen LogP contribution in [0.25, 0.3) is 0 Å². The summed E-state index contributed by atoms with van der Waals surface area (Å²) in [6.45, 7) is 2.81. The van der Waals surface area contributed by atoms with Crippen molar-refractivity contribution in [3.8, 4) is 0 Å². The van der Waals surface area contributed by atoms with Crippen molar-refractivity contribution in [1.29, 1.82) is 0 Å². The lowest BCUT2D eigenvalue weighted by Gasteiger charge is -2.10. The van der Waals surface area contributed by atoms with Gasteiger partial charge in [0.1, 0.15) is 0 Å². The van der Waals surface area contributed by atoms with Gasteiger partial charge in [0.15, 0.2) is 0 Å². The maximum atomic E-state index is 11.8. The van der Waals surface area contributed by atoms with Gasteiger partial charge in [-0.1, -0.05) is 0 Å². The highest BCUT2D eigenvalue weighted by molar-refractivity contribution is 5.03. The summed E-state index contributed by atoms with van der Waals surface area (Å²) in [6, 6.07) is 1.45. The lowest BCUT2D eigenvalue weighted by atomic mass is 10.3. The van der Waals surface area contributed by atoms with Crippen molar-refractivity contribution in [2.24, 2.45) is 14.1 Å². The van der Waals surface area contributed by atoms with E-state index < -0.39 is 0 Å². The molecule has 20 heavy (non-hydrogen) atoms. The van der Waals surface area contributed by atoms with Crippen molar-refractivity contribution in [1.82, 2.24) is 24.4 Å². The zero-order valence-corrected chi connectivity index (χ0v) is 11.8. The van der Waals surface area contributed by atoms with E-state index in [4.69, 9.17) is 0 Å². The zero-order valence-electron chi connectivity index (χ0n) is 11.8. The lowest BCUT2D eigenvalue weighted by Crippen LogP contribution is -2.39. The Morgan fingerprint density at radius 2 is 1.85 bits per heavy atom. The van der Waals surface area contributed by atoms with E-state index in [9.17, 15) is 9.59 Å². The van der Waals surface area contributed by atoms with E-state index in [-0.39, 0.29) is 11.2 Å². The van der Waals surface area contributed by atoms with Crippen molar-refractivity contribution < 1.29 is 0 Å². The number of hydrogen-bond acceptors (Lipinski definition) is 5. The van der Waals surface area contributed by atoms with E-state index in [1.165, 1.54) is 17.7 Å². The summed E-state index contributed by atoms with van der Waals surface area (Å²) in [5.74, 6) is 0. The summed E-state index contributed by atoms with van der Waals surface area (Å²) in [7, 11) is 3.11. The minimum absolute atomic E-state index is 0.306. The smallest absolute Gasteiger partial charge is 0.306 e. The molecule has 2 aromatic rings. The number of aromatic nitrogens is 4. The van der Waals surface area contributed by atoms with Crippen LogP contribution in [0.1, 0.15) is 17.1 Å². The average Bonchev–Trinajstić information content (AvgIpc) is 2.44. The monoisotopic (exact) mass is 275 g/mol. The van der Waals surface area contributed by atoms with Crippen LogP contribution in [0.2, 0.25) is 0 Å². The zero-order chi connectivity index (χ0) is 14.7. The van der Waals surface area contributed by atoms with Crippen molar-refractivity contribution >= 4 is 0 Å². The Morgan fingerprint density at radius 3 is 2.50 bits per heavy atom. The van der Waals surface area contributed by atoms with E-state index >= 15 is 0 Å². The van der Waals surface area contributed by atoms with Gasteiger partial charge in [0.05, 0.1) is 11.4 Å². The van der Waals surface area contributed by atoms with Crippen LogP contribution in [0.5, 0.6) is 0 Å². The molecule has 0 bridgehead atoms. The Hall–Kier alpha value is -2.28. The molecule has 0 aromatic carbocycles. The molecule has 0 unspecified atom stereocenters. The molecule has 0 atom stereocenters. The van der Waals surface area contributed by atoms with Gasteiger partial charge in [0, 0.05) is 51.3 Å². The van der Waals surface area contributed by atoms with Crippen molar-refractivity contribution in [2.45, 2.75) is 20.0 Å². The third kappa shape index (κ3) is 3.00. The van der Waals surface area contributed by atoms with E-state index in [2.05, 4.69) is 15.3 Å². The van der Waals surface area contributed by atoms with Crippen LogP contribution >= 0.6 is 0 Å². The van der Waals surface area contributed by atoms with Gasteiger partial charge in [-0.15, -0.1) is 0 Å². The molecule has 0 aliphatic carbocycles. The average molecular weight is 275 g/mol. The second-order valence-corrected chi connectivity index (χ2v) is 4.63. The van der Waals surface area contributed by atoms with Gasteiger partial charge in [0.2, 0.25) is 0 Å². The van der Waals surface area contributed by atoms with E-state index in [0.717, 1.165) is 16.0 Å². The Kier molecular flexibility index (Phi) is 4.09. The van der Waals surface area contributed by atoms with Crippen LogP contribution in [0.15, 0.2) is 28.0 Å². The van der Waals surface area contributed by atoms with Gasteiger partial charge in [-0.3, -0.25) is 23.9 Å². The molecule has 1 N–H and O–H groups in total. The number of nitrogens with zero attached hydrogens (tertiary/aromatic N) is 4. The van der Waals surface area contributed by atoms with E-state index in [0.29, 0.717) is 18.8 Å². The lowest BCUT2D eigenvalue weighted by molar-refractivity contribution is 0.596. The molecule has 0 saturated carbocycles. The quantitative estimate of drug-likeness (QED) is 0.811. The molecule has 7 heteroatoms. The third-order valence-corrected chi connectivity index (χ3v) is 3.07. The molecule has 0 aliphatic rings. The van der Waals surface area contributed by atoms with Crippen LogP contribution in [0.4, 0.5) is 0 Å². The molecule has 0 fully saturated rings. The van der Waals surface area contributed by atoms with E-state index in [1.54, 1.807) is 19.4 Å². The first-order chi connectivity index (χ1) is 9.49. The highest BCUT2D eigenvalue weighted by Gasteiger charge is 2.05. The maximum Gasteiger partial charge on any atom is 0.330 e. The van der Waals surface area contributed by atoms with Crippen LogP contribution in [0, 0.1) is 6.92 Å². The standard InChI is InChI=1S/C13H17N5O2/c1-9-5-16-10(7-15-9)6-14-8-11-4-12(19)18(3)13(20)17(11)2/h4-5,7,14H,6,8H2,1-3H3. The fourth-order valence-electron chi connectivity index (χ4n) is 1.78. The summed E-state index contributed by atoms with van der Waals surface area (Å²) < 4.78 is 2.53. The van der Waals surface area contributed by atoms with Crippen LogP contribution in [-0.4, -0.2) is 19.1 Å². The molecular formula is C13H17N5O2. The predicted molar refractivity (Wildman–Crippen MR) is 74.2 cm³/mol. The van der Waals surface area contributed by atoms with Crippen molar-refractivity contribution in [3.63, 3.8) is 0 Å². The number of hydrogen-bond donors (Lipinski definition) is 1. The number of nitrogens with one attached hydrogen (secondary N) is 1. The SMILES string of the molecule is Cc1cnc(CNCc2cc(=O)n(C)c(=O)n2C)cn1. The molecule has 2 rings (SSSR count). The minimum atomic E-state index is -0.329. The summed E-state index contributed by atoms with van der Waals surface area (Å²) >= 11 is 0. The van der Waals surface area contributed by atoms with Gasteiger partial charge in [-0.25, -0.2) is 4.79 Å². The predicted octanol–water partition coefficient (Wildman–Crippen LogP) is -0.528. The Labute approximate surface area is 115 Å². The first-order valence-corrected chi connectivity index (χ1v) is 6.23. The van der Waals surface area contributed by atoms with Crippen LogP contribution in [0.3, 0.4) is 0 Å². The molecule has 106 valence electrons. The first kappa shape index (κ1) is 14.1. The summed E-state index contributed by atoms with van der Waals surface area (Å²) in [5, 5.41) is 3.14. The van der Waals surface area contributed by atoms with Crippen LogP contribution in [-0.2, 0) is 27.2 Å². The van der Waals surface area contributed by atoms with Gasteiger partial charge in [0.25, 0.3) is 5.56 Å². The molecule has 7 nitrogen and oxygen atoms in total. The molecule has 0 aliphatic heterocycles. The number of aryl methyl sites for hydroxylation is 1. The molecule has 0 radical (unpaired) electrons. The Balaban J connectivity index is 2.07. The minimum Gasteiger partial charge on any atom is -0.306 e. The van der Waals surface area contributed by atoms with Crippen LogP contribution < -0.4 is 16.6 Å². The van der Waals surface area contributed by atoms with Gasteiger partial charge in [-0.2, -0.15) is 0 Å². The largest absolute Gasteiger partial charge is 0.330 e. The summed E-state index contributed by atoms with van der Waals surface area (Å²) in [6.07, 6.45) is 3.40. The van der Waals surface area contributed by atoms with Gasteiger partial charge < -0.3 is 5.32 Å². The maximum absolute atomic E-state index is 11.8. The molecular weight excluding hydrogens is 258 g/mol. The second-order valence-electron chi connectivity index (χ2n) is 4.63. The summed E-state index contributed by atoms with van der Waals surface area (Å²) in [5.41, 5.74) is 1.68. The number of rotatable bonds is 4. The third-order valence-electron chi connectivity index (χ3n) is 3.07. The Morgan fingerprint density at radius 1 is 1.10 bits per heavy atom. The van der Waals surface area contributed by atoms with Crippen molar-refractivity contribution in [3.05, 3.63) is 56.4 Å². The first-order valence-electron chi connectivity index (χ1n) is 6.23.